The van der Waals surface area contributed by atoms with Gasteiger partial charge in [0, 0.05) is 10.5 Å². The number of benzene rings is 1. The predicted molar refractivity (Wildman–Crippen MR) is 77.0 cm³/mol. The zero-order valence-electron chi connectivity index (χ0n) is 11.0. The van der Waals surface area contributed by atoms with Crippen molar-refractivity contribution in [2.24, 2.45) is 11.8 Å². The third kappa shape index (κ3) is 3.33. The fourth-order valence-corrected chi connectivity index (χ4v) is 3.51. The lowest BCUT2D eigenvalue weighted by Crippen LogP contribution is -2.27. The van der Waals surface area contributed by atoms with E-state index in [1.807, 2.05) is 6.07 Å². The van der Waals surface area contributed by atoms with E-state index in [9.17, 15) is 4.39 Å². The Labute approximate surface area is 117 Å². The molecule has 0 saturated heterocycles. The van der Waals surface area contributed by atoms with Crippen LogP contribution in [0.15, 0.2) is 22.7 Å². The first-order valence-electron chi connectivity index (χ1n) is 6.76. The van der Waals surface area contributed by atoms with Crippen molar-refractivity contribution in [2.75, 3.05) is 6.54 Å². The summed E-state index contributed by atoms with van der Waals surface area (Å²) in [5.41, 5.74) is 1.13. The van der Waals surface area contributed by atoms with Crippen LogP contribution in [0.3, 0.4) is 0 Å². The van der Waals surface area contributed by atoms with Crippen molar-refractivity contribution >= 4 is 15.9 Å². The van der Waals surface area contributed by atoms with Gasteiger partial charge in [0.25, 0.3) is 0 Å². The monoisotopic (exact) mass is 313 g/mol. The highest BCUT2D eigenvalue weighted by atomic mass is 79.9. The van der Waals surface area contributed by atoms with Crippen LogP contribution in [-0.2, 0) is 0 Å². The van der Waals surface area contributed by atoms with E-state index in [-0.39, 0.29) is 11.9 Å². The lowest BCUT2D eigenvalue weighted by Gasteiger charge is -2.21. The molecular formula is C15H21BrFN. The maximum absolute atomic E-state index is 13.0. The summed E-state index contributed by atoms with van der Waals surface area (Å²) in [6, 6.07) is 5.17. The Hall–Kier alpha value is -0.410. The number of hydrogen-bond donors (Lipinski definition) is 1. The molecule has 3 heteroatoms. The minimum Gasteiger partial charge on any atom is -0.310 e. The lowest BCUT2D eigenvalue weighted by atomic mass is 9.97. The van der Waals surface area contributed by atoms with Crippen LogP contribution in [0.4, 0.5) is 4.39 Å². The topological polar surface area (TPSA) is 12.0 Å². The minimum absolute atomic E-state index is 0.192. The molecule has 1 N–H and O–H groups in total. The number of nitrogens with one attached hydrogen (secondary N) is 1. The Morgan fingerprint density at radius 3 is 2.83 bits per heavy atom. The number of hydrogen-bond acceptors (Lipinski definition) is 1. The van der Waals surface area contributed by atoms with Gasteiger partial charge in [-0.2, -0.15) is 0 Å². The Balaban J connectivity index is 1.93. The zero-order chi connectivity index (χ0) is 13.1. The first-order chi connectivity index (χ1) is 8.58. The van der Waals surface area contributed by atoms with Crippen LogP contribution in [-0.4, -0.2) is 6.54 Å². The molecule has 0 spiro atoms. The summed E-state index contributed by atoms with van der Waals surface area (Å²) in [7, 11) is 0. The smallest absolute Gasteiger partial charge is 0.124 e. The molecule has 1 aliphatic carbocycles. The molecule has 1 nitrogen and oxygen atoms in total. The van der Waals surface area contributed by atoms with Crippen LogP contribution < -0.4 is 5.32 Å². The maximum atomic E-state index is 13.0. The van der Waals surface area contributed by atoms with Gasteiger partial charge in [0.1, 0.15) is 5.82 Å². The first-order valence-corrected chi connectivity index (χ1v) is 7.55. The van der Waals surface area contributed by atoms with Crippen LogP contribution in [0.25, 0.3) is 0 Å². The standard InChI is InChI=1S/C15H21BrFN/c1-10-4-3-5-12(10)9-18-11(2)14-7-6-13(17)8-15(14)16/h6-8,10-12,18H,3-5,9H2,1-2H3. The van der Waals surface area contributed by atoms with E-state index in [2.05, 4.69) is 35.1 Å². The summed E-state index contributed by atoms with van der Waals surface area (Å²) in [6.45, 7) is 5.54. The van der Waals surface area contributed by atoms with E-state index in [1.54, 1.807) is 0 Å². The molecule has 0 aromatic heterocycles. The summed E-state index contributed by atoms with van der Waals surface area (Å²) in [4.78, 5) is 0. The van der Waals surface area contributed by atoms with E-state index in [4.69, 9.17) is 0 Å². The molecule has 1 aliphatic rings. The molecule has 0 aliphatic heterocycles. The van der Waals surface area contributed by atoms with Crippen molar-refractivity contribution in [2.45, 2.75) is 39.2 Å². The van der Waals surface area contributed by atoms with Gasteiger partial charge in [-0.3, -0.25) is 0 Å². The summed E-state index contributed by atoms with van der Waals surface area (Å²) < 4.78 is 13.9. The highest BCUT2D eigenvalue weighted by molar-refractivity contribution is 9.10. The highest BCUT2D eigenvalue weighted by Gasteiger charge is 2.23. The van der Waals surface area contributed by atoms with Gasteiger partial charge in [0.2, 0.25) is 0 Å². The van der Waals surface area contributed by atoms with Gasteiger partial charge in [-0.25, -0.2) is 4.39 Å². The molecule has 1 aromatic carbocycles. The van der Waals surface area contributed by atoms with Crippen molar-refractivity contribution in [1.29, 1.82) is 0 Å². The maximum Gasteiger partial charge on any atom is 0.124 e. The molecule has 0 radical (unpaired) electrons. The van der Waals surface area contributed by atoms with Crippen molar-refractivity contribution in [1.82, 2.24) is 5.32 Å². The Kier molecular flexibility index (Phi) is 4.79. The molecule has 1 fully saturated rings. The minimum atomic E-state index is -0.192. The van der Waals surface area contributed by atoms with E-state index in [0.717, 1.165) is 28.4 Å². The molecule has 18 heavy (non-hydrogen) atoms. The fourth-order valence-electron chi connectivity index (χ4n) is 2.82. The summed E-state index contributed by atoms with van der Waals surface area (Å²) in [6.07, 6.45) is 4.06. The molecule has 0 heterocycles. The van der Waals surface area contributed by atoms with Crippen LogP contribution in [0, 0.1) is 17.7 Å². The summed E-state index contributed by atoms with van der Waals surface area (Å²) >= 11 is 3.43. The van der Waals surface area contributed by atoms with Crippen LogP contribution in [0.2, 0.25) is 0 Å². The Bertz CT molecular complexity index is 407. The van der Waals surface area contributed by atoms with Crippen molar-refractivity contribution in [3.8, 4) is 0 Å². The van der Waals surface area contributed by atoms with Crippen LogP contribution in [0.5, 0.6) is 0 Å². The summed E-state index contributed by atoms with van der Waals surface area (Å²) in [5, 5.41) is 3.58. The molecular weight excluding hydrogens is 293 g/mol. The molecule has 3 atom stereocenters. The lowest BCUT2D eigenvalue weighted by molar-refractivity contribution is 0.374. The van der Waals surface area contributed by atoms with Gasteiger partial charge >= 0.3 is 0 Å². The molecule has 0 amide bonds. The van der Waals surface area contributed by atoms with Gasteiger partial charge in [-0.1, -0.05) is 41.8 Å². The van der Waals surface area contributed by atoms with Gasteiger partial charge in [-0.05, 0) is 49.4 Å². The molecule has 3 unspecified atom stereocenters. The largest absolute Gasteiger partial charge is 0.310 e. The van der Waals surface area contributed by atoms with Gasteiger partial charge in [0.05, 0.1) is 0 Å². The predicted octanol–water partition coefficient (Wildman–Crippen LogP) is 4.68. The molecule has 1 aromatic rings. The third-order valence-corrected chi connectivity index (χ3v) is 4.84. The van der Waals surface area contributed by atoms with Crippen LogP contribution >= 0.6 is 15.9 Å². The zero-order valence-corrected chi connectivity index (χ0v) is 12.6. The average Bonchev–Trinajstić information content (AvgIpc) is 2.72. The average molecular weight is 314 g/mol. The van der Waals surface area contributed by atoms with Gasteiger partial charge in [0.15, 0.2) is 0 Å². The van der Waals surface area contributed by atoms with Crippen LogP contribution in [0.1, 0.15) is 44.7 Å². The second-order valence-corrected chi connectivity index (χ2v) is 6.32. The third-order valence-electron chi connectivity index (χ3n) is 4.15. The van der Waals surface area contributed by atoms with Gasteiger partial charge < -0.3 is 5.32 Å². The molecule has 0 bridgehead atoms. The summed E-state index contributed by atoms with van der Waals surface area (Å²) in [5.74, 6) is 1.44. The highest BCUT2D eigenvalue weighted by Crippen LogP contribution is 2.31. The van der Waals surface area contributed by atoms with E-state index >= 15 is 0 Å². The van der Waals surface area contributed by atoms with Gasteiger partial charge in [-0.15, -0.1) is 0 Å². The number of rotatable bonds is 4. The second kappa shape index (κ2) is 6.16. The van der Waals surface area contributed by atoms with Crippen molar-refractivity contribution < 1.29 is 4.39 Å². The first kappa shape index (κ1) is 14.0. The SMILES string of the molecule is CC(NCC1CCCC1C)c1ccc(F)cc1Br. The van der Waals surface area contributed by atoms with E-state index < -0.39 is 0 Å². The Morgan fingerprint density at radius 2 is 2.22 bits per heavy atom. The normalized spacial score (nSPS) is 25.3. The van der Waals surface area contributed by atoms with Crippen molar-refractivity contribution in [3.63, 3.8) is 0 Å². The molecule has 1 saturated carbocycles. The molecule has 2 rings (SSSR count). The van der Waals surface area contributed by atoms with E-state index in [1.165, 1.54) is 31.4 Å². The van der Waals surface area contributed by atoms with E-state index in [0.29, 0.717) is 0 Å². The van der Waals surface area contributed by atoms with Crippen molar-refractivity contribution in [3.05, 3.63) is 34.1 Å². The molecule has 100 valence electrons. The number of halogens is 2. The quantitative estimate of drug-likeness (QED) is 0.851. The Morgan fingerprint density at radius 1 is 1.44 bits per heavy atom. The fraction of sp³-hybridized carbons (Fsp3) is 0.600. The second-order valence-electron chi connectivity index (χ2n) is 5.46.